The molecule has 1 aliphatic carbocycles. The molecule has 0 amide bonds. The molecule has 1 fully saturated rings. The van der Waals surface area contributed by atoms with Gasteiger partial charge in [-0.05, 0) is 56.7 Å². The van der Waals surface area contributed by atoms with E-state index in [1.807, 2.05) is 0 Å². The Kier molecular flexibility index (Phi) is 4.12. The van der Waals surface area contributed by atoms with E-state index in [0.717, 1.165) is 13.0 Å². The molecular weight excluding hydrogens is 278 g/mol. The van der Waals surface area contributed by atoms with Crippen LogP contribution < -0.4 is 0 Å². The maximum absolute atomic E-state index is 6.48. The van der Waals surface area contributed by atoms with E-state index in [1.54, 1.807) is 0 Å². The lowest BCUT2D eigenvalue weighted by molar-refractivity contribution is -0.0204. The molecule has 21 heavy (non-hydrogen) atoms. The standard InChI is InChI=1S/C17H33NO2Si/c1-15(2,3)21(7,8)19-12-17(6)10-9-13-14(11-17)18-20-16(13,4)5/h13H,9-12H2,1-8H3/t13?,17-/m1/s1. The molecule has 0 aromatic carbocycles. The SMILES string of the molecule is CC1(C)ON=C2C[C@](C)(CO[Si](C)(C)C(C)(C)C)CCC21. The van der Waals surface area contributed by atoms with Gasteiger partial charge in [0.15, 0.2) is 8.32 Å². The summed E-state index contributed by atoms with van der Waals surface area (Å²) in [5.74, 6) is 0.499. The van der Waals surface area contributed by atoms with Crippen molar-refractivity contribution in [3.05, 3.63) is 0 Å². The molecule has 0 saturated heterocycles. The molecule has 0 bridgehead atoms. The van der Waals surface area contributed by atoms with E-state index in [9.17, 15) is 0 Å². The van der Waals surface area contributed by atoms with E-state index < -0.39 is 8.32 Å². The van der Waals surface area contributed by atoms with E-state index in [0.29, 0.717) is 5.92 Å². The zero-order valence-corrected chi connectivity index (χ0v) is 16.2. The van der Waals surface area contributed by atoms with Crippen LogP contribution in [0.4, 0.5) is 0 Å². The Bertz CT molecular complexity index is 437. The van der Waals surface area contributed by atoms with Crippen LogP contribution in [0.15, 0.2) is 5.16 Å². The second kappa shape index (κ2) is 5.09. The van der Waals surface area contributed by atoms with Crippen molar-refractivity contribution in [1.29, 1.82) is 0 Å². The highest BCUT2D eigenvalue weighted by Gasteiger charge is 2.48. The second-order valence-corrected chi connectivity index (χ2v) is 14.2. The molecule has 3 nitrogen and oxygen atoms in total. The lowest BCUT2D eigenvalue weighted by atomic mass is 9.67. The Hall–Kier alpha value is -0.353. The maximum Gasteiger partial charge on any atom is 0.192 e. The summed E-state index contributed by atoms with van der Waals surface area (Å²) in [6.45, 7) is 19.1. The predicted molar refractivity (Wildman–Crippen MR) is 91.2 cm³/mol. The van der Waals surface area contributed by atoms with Gasteiger partial charge < -0.3 is 9.26 Å². The molecule has 1 aliphatic heterocycles. The Morgan fingerprint density at radius 2 is 1.90 bits per heavy atom. The summed E-state index contributed by atoms with van der Waals surface area (Å²) in [6.07, 6.45) is 3.40. The van der Waals surface area contributed by atoms with Gasteiger partial charge in [0, 0.05) is 12.5 Å². The predicted octanol–water partition coefficient (Wildman–Crippen LogP) is 4.98. The lowest BCUT2D eigenvalue weighted by Crippen LogP contribution is -2.46. The highest BCUT2D eigenvalue weighted by Crippen LogP contribution is 2.46. The van der Waals surface area contributed by atoms with Gasteiger partial charge in [0.2, 0.25) is 0 Å². The minimum atomic E-state index is -1.67. The smallest absolute Gasteiger partial charge is 0.192 e. The summed E-state index contributed by atoms with van der Waals surface area (Å²) >= 11 is 0. The monoisotopic (exact) mass is 311 g/mol. The fourth-order valence-corrected chi connectivity index (χ4v) is 4.23. The van der Waals surface area contributed by atoms with Gasteiger partial charge in [-0.25, -0.2) is 0 Å². The zero-order chi connectivity index (χ0) is 16.1. The van der Waals surface area contributed by atoms with Gasteiger partial charge in [-0.15, -0.1) is 0 Å². The summed E-state index contributed by atoms with van der Waals surface area (Å²) < 4.78 is 6.48. The van der Waals surface area contributed by atoms with E-state index >= 15 is 0 Å². The minimum absolute atomic E-state index is 0.114. The average Bonchev–Trinajstić information content (AvgIpc) is 2.61. The molecule has 2 aliphatic rings. The Labute approximate surface area is 131 Å². The van der Waals surface area contributed by atoms with Crippen molar-refractivity contribution in [3.63, 3.8) is 0 Å². The van der Waals surface area contributed by atoms with Crippen molar-refractivity contribution in [3.8, 4) is 0 Å². The third kappa shape index (κ3) is 3.36. The van der Waals surface area contributed by atoms with Gasteiger partial charge in [0.25, 0.3) is 0 Å². The van der Waals surface area contributed by atoms with Crippen LogP contribution in [0, 0.1) is 11.3 Å². The first-order valence-electron chi connectivity index (χ1n) is 8.25. The zero-order valence-electron chi connectivity index (χ0n) is 15.2. The molecule has 2 rings (SSSR count). The van der Waals surface area contributed by atoms with E-state index in [1.165, 1.54) is 18.6 Å². The maximum atomic E-state index is 6.48. The van der Waals surface area contributed by atoms with Crippen LogP contribution in [0.25, 0.3) is 0 Å². The molecule has 1 unspecified atom stereocenters. The highest BCUT2D eigenvalue weighted by molar-refractivity contribution is 6.74. The number of rotatable bonds is 3. The fourth-order valence-electron chi connectivity index (χ4n) is 3.09. The van der Waals surface area contributed by atoms with Crippen LogP contribution in [0.1, 0.15) is 60.8 Å². The Balaban J connectivity index is 2.00. The average molecular weight is 312 g/mol. The number of nitrogens with zero attached hydrogens (tertiary/aromatic N) is 1. The quantitative estimate of drug-likeness (QED) is 0.688. The van der Waals surface area contributed by atoms with Gasteiger partial charge in [-0.3, -0.25) is 0 Å². The van der Waals surface area contributed by atoms with Gasteiger partial charge in [0.05, 0.1) is 5.71 Å². The van der Waals surface area contributed by atoms with Gasteiger partial charge in [0.1, 0.15) is 5.60 Å². The summed E-state index contributed by atoms with van der Waals surface area (Å²) in [7, 11) is -1.67. The van der Waals surface area contributed by atoms with Crippen LogP contribution >= 0.6 is 0 Å². The van der Waals surface area contributed by atoms with Crippen LogP contribution in [-0.2, 0) is 9.26 Å². The Morgan fingerprint density at radius 3 is 2.48 bits per heavy atom. The number of oxime groups is 1. The van der Waals surface area contributed by atoms with Crippen LogP contribution in [-0.4, -0.2) is 26.2 Å². The first kappa shape index (κ1) is 17.0. The molecule has 1 saturated carbocycles. The van der Waals surface area contributed by atoms with E-state index in [2.05, 4.69) is 59.8 Å². The molecule has 2 atom stereocenters. The van der Waals surface area contributed by atoms with Crippen molar-refractivity contribution in [2.75, 3.05) is 6.61 Å². The first-order chi connectivity index (χ1) is 9.36. The number of fused-ring (bicyclic) bond motifs is 1. The normalized spacial score (nSPS) is 32.4. The largest absolute Gasteiger partial charge is 0.416 e. The molecular formula is C17H33NO2Si. The topological polar surface area (TPSA) is 30.8 Å². The van der Waals surface area contributed by atoms with Crippen LogP contribution in [0.2, 0.25) is 18.1 Å². The molecule has 0 aromatic rings. The van der Waals surface area contributed by atoms with Crippen LogP contribution in [0.5, 0.6) is 0 Å². The van der Waals surface area contributed by atoms with Gasteiger partial charge in [-0.1, -0.05) is 32.9 Å². The number of hydrogen-bond acceptors (Lipinski definition) is 3. The molecule has 0 radical (unpaired) electrons. The van der Waals surface area contributed by atoms with Gasteiger partial charge in [-0.2, -0.15) is 0 Å². The van der Waals surface area contributed by atoms with Gasteiger partial charge >= 0.3 is 0 Å². The third-order valence-corrected chi connectivity index (χ3v) is 10.4. The summed E-state index contributed by atoms with van der Waals surface area (Å²) in [5.41, 5.74) is 1.36. The molecule has 4 heteroatoms. The second-order valence-electron chi connectivity index (χ2n) is 9.41. The Morgan fingerprint density at radius 1 is 1.29 bits per heavy atom. The van der Waals surface area contributed by atoms with Crippen molar-refractivity contribution in [2.45, 2.75) is 84.5 Å². The summed E-state index contributed by atoms with van der Waals surface area (Å²) in [6, 6.07) is 0. The molecule has 1 heterocycles. The number of hydrogen-bond donors (Lipinski definition) is 0. The minimum Gasteiger partial charge on any atom is -0.416 e. The van der Waals surface area contributed by atoms with Crippen molar-refractivity contribution in [2.24, 2.45) is 16.5 Å². The molecule has 0 aromatic heterocycles. The molecule has 0 spiro atoms. The van der Waals surface area contributed by atoms with Crippen molar-refractivity contribution in [1.82, 2.24) is 0 Å². The van der Waals surface area contributed by atoms with Crippen LogP contribution in [0.3, 0.4) is 0 Å². The molecule has 0 N–H and O–H groups in total. The fraction of sp³-hybridized carbons (Fsp3) is 0.941. The third-order valence-electron chi connectivity index (χ3n) is 5.87. The first-order valence-corrected chi connectivity index (χ1v) is 11.2. The van der Waals surface area contributed by atoms with Crippen molar-refractivity contribution >= 4 is 14.0 Å². The van der Waals surface area contributed by atoms with E-state index in [-0.39, 0.29) is 16.1 Å². The van der Waals surface area contributed by atoms with E-state index in [4.69, 9.17) is 9.26 Å². The molecule has 122 valence electrons. The van der Waals surface area contributed by atoms with Crippen molar-refractivity contribution < 1.29 is 9.26 Å². The summed E-state index contributed by atoms with van der Waals surface area (Å²) in [4.78, 5) is 5.64. The summed E-state index contributed by atoms with van der Waals surface area (Å²) in [5, 5.41) is 4.65. The highest BCUT2D eigenvalue weighted by atomic mass is 28.4. The lowest BCUT2D eigenvalue weighted by Gasteiger charge is -2.43.